The number of nitrogens with one attached hydrogen (secondary N) is 1. The van der Waals surface area contributed by atoms with Crippen molar-refractivity contribution in [2.24, 2.45) is 5.84 Å². The molecule has 2 aromatic rings. The maximum atomic E-state index is 5.63. The number of nitrogens with two attached hydrogens (primary N) is 1. The van der Waals surface area contributed by atoms with Gasteiger partial charge in [-0.15, -0.1) is 0 Å². The van der Waals surface area contributed by atoms with Gasteiger partial charge in [0, 0.05) is 34.7 Å². The van der Waals surface area contributed by atoms with Crippen LogP contribution in [0.4, 0.5) is 0 Å². The maximum absolute atomic E-state index is 5.63. The van der Waals surface area contributed by atoms with Gasteiger partial charge < -0.3 is 0 Å². The molecule has 0 saturated carbocycles. The zero-order valence-electron chi connectivity index (χ0n) is 10.1. The quantitative estimate of drug-likeness (QED) is 0.672. The van der Waals surface area contributed by atoms with E-state index in [1.165, 1.54) is 0 Å². The molecule has 0 aliphatic heterocycles. The summed E-state index contributed by atoms with van der Waals surface area (Å²) in [4.78, 5) is 8.54. The monoisotopic (exact) mass is 306 g/mol. The molecule has 0 amide bonds. The van der Waals surface area contributed by atoms with E-state index in [4.69, 9.17) is 5.84 Å². The van der Waals surface area contributed by atoms with Crippen LogP contribution in [-0.2, 0) is 6.42 Å². The molecule has 0 saturated heterocycles. The van der Waals surface area contributed by atoms with Crippen LogP contribution in [0.3, 0.4) is 0 Å². The lowest BCUT2D eigenvalue weighted by atomic mass is 10.0. The third-order valence-corrected chi connectivity index (χ3v) is 3.20. The Morgan fingerprint density at radius 2 is 2.17 bits per heavy atom. The number of hydrazine groups is 1. The Morgan fingerprint density at radius 3 is 2.78 bits per heavy atom. The highest BCUT2D eigenvalue weighted by Gasteiger charge is 2.11. The third kappa shape index (κ3) is 3.35. The standard InChI is InChI=1S/C13H15BrN4/c1-9-6-10(4-5-16-9)13(18-15)7-12-3-2-11(14)8-17-12/h2-6,8,13,18H,7,15H2,1H3. The molecule has 4 nitrogen and oxygen atoms in total. The van der Waals surface area contributed by atoms with Gasteiger partial charge in [0.05, 0.1) is 6.04 Å². The summed E-state index contributed by atoms with van der Waals surface area (Å²) < 4.78 is 0.975. The van der Waals surface area contributed by atoms with Crippen LogP contribution in [0.15, 0.2) is 41.1 Å². The molecule has 0 aliphatic carbocycles. The van der Waals surface area contributed by atoms with Crippen LogP contribution in [0, 0.1) is 6.92 Å². The number of rotatable bonds is 4. The zero-order chi connectivity index (χ0) is 13.0. The lowest BCUT2D eigenvalue weighted by molar-refractivity contribution is 0.545. The topological polar surface area (TPSA) is 63.8 Å². The van der Waals surface area contributed by atoms with E-state index in [0.717, 1.165) is 27.8 Å². The molecule has 1 atom stereocenters. The van der Waals surface area contributed by atoms with Crippen molar-refractivity contribution >= 4 is 15.9 Å². The summed E-state index contributed by atoms with van der Waals surface area (Å²) in [5.41, 5.74) is 5.93. The highest BCUT2D eigenvalue weighted by Crippen LogP contribution is 2.18. The highest BCUT2D eigenvalue weighted by molar-refractivity contribution is 9.10. The van der Waals surface area contributed by atoms with Crippen LogP contribution in [0.1, 0.15) is 23.0 Å². The number of hydrogen-bond donors (Lipinski definition) is 2. The predicted molar refractivity (Wildman–Crippen MR) is 74.7 cm³/mol. The normalized spacial score (nSPS) is 12.4. The number of pyridine rings is 2. The number of aryl methyl sites for hydroxylation is 1. The van der Waals surface area contributed by atoms with Gasteiger partial charge in [0.15, 0.2) is 0 Å². The van der Waals surface area contributed by atoms with Crippen molar-refractivity contribution in [1.82, 2.24) is 15.4 Å². The molecule has 2 rings (SSSR count). The number of aromatic nitrogens is 2. The van der Waals surface area contributed by atoms with Gasteiger partial charge in [-0.25, -0.2) is 0 Å². The second-order valence-corrected chi connectivity index (χ2v) is 5.04. The molecular formula is C13H15BrN4. The summed E-state index contributed by atoms with van der Waals surface area (Å²) in [6.45, 7) is 1.97. The van der Waals surface area contributed by atoms with E-state index in [2.05, 4.69) is 31.3 Å². The Hall–Kier alpha value is -1.30. The van der Waals surface area contributed by atoms with Crippen molar-refractivity contribution in [3.05, 3.63) is 58.1 Å². The molecule has 0 spiro atoms. The Balaban J connectivity index is 2.17. The highest BCUT2D eigenvalue weighted by atomic mass is 79.9. The predicted octanol–water partition coefficient (Wildman–Crippen LogP) is 2.29. The summed E-state index contributed by atoms with van der Waals surface area (Å²) in [6.07, 6.45) is 4.33. The van der Waals surface area contributed by atoms with Gasteiger partial charge in [0.25, 0.3) is 0 Å². The first-order valence-corrected chi connectivity index (χ1v) is 6.47. The van der Waals surface area contributed by atoms with Crippen LogP contribution in [0.5, 0.6) is 0 Å². The van der Waals surface area contributed by atoms with Gasteiger partial charge in [-0.05, 0) is 52.7 Å². The molecule has 18 heavy (non-hydrogen) atoms. The fraction of sp³-hybridized carbons (Fsp3) is 0.231. The summed E-state index contributed by atoms with van der Waals surface area (Å²) in [5.74, 6) is 5.63. The van der Waals surface area contributed by atoms with Crippen molar-refractivity contribution in [3.8, 4) is 0 Å². The molecule has 3 N–H and O–H groups in total. The van der Waals surface area contributed by atoms with E-state index in [1.807, 2.05) is 31.2 Å². The maximum Gasteiger partial charge on any atom is 0.0516 e. The zero-order valence-corrected chi connectivity index (χ0v) is 11.7. The van der Waals surface area contributed by atoms with Crippen molar-refractivity contribution in [2.75, 3.05) is 0 Å². The largest absolute Gasteiger partial charge is 0.271 e. The van der Waals surface area contributed by atoms with Crippen molar-refractivity contribution in [1.29, 1.82) is 0 Å². The molecule has 0 bridgehead atoms. The Kier molecular flexibility index (Phi) is 4.41. The van der Waals surface area contributed by atoms with Crippen LogP contribution >= 0.6 is 15.9 Å². The summed E-state index contributed by atoms with van der Waals surface area (Å²) in [6, 6.07) is 8.01. The first-order valence-electron chi connectivity index (χ1n) is 5.68. The third-order valence-electron chi connectivity index (χ3n) is 2.73. The minimum absolute atomic E-state index is 0.0420. The van der Waals surface area contributed by atoms with Crippen LogP contribution in [0.25, 0.3) is 0 Å². The molecule has 0 aromatic carbocycles. The number of halogens is 1. The van der Waals surface area contributed by atoms with Gasteiger partial charge >= 0.3 is 0 Å². The SMILES string of the molecule is Cc1cc(C(Cc2ccc(Br)cn2)NN)ccn1. The summed E-state index contributed by atoms with van der Waals surface area (Å²) >= 11 is 3.37. The van der Waals surface area contributed by atoms with Gasteiger partial charge in [-0.1, -0.05) is 0 Å². The first-order chi connectivity index (χ1) is 8.69. The average Bonchev–Trinajstić information content (AvgIpc) is 2.38. The van der Waals surface area contributed by atoms with Gasteiger partial charge in [-0.2, -0.15) is 0 Å². The minimum atomic E-state index is 0.0420. The van der Waals surface area contributed by atoms with Crippen LogP contribution in [-0.4, -0.2) is 9.97 Å². The number of hydrogen-bond acceptors (Lipinski definition) is 4. The van der Waals surface area contributed by atoms with E-state index in [0.29, 0.717) is 0 Å². The minimum Gasteiger partial charge on any atom is -0.271 e. The van der Waals surface area contributed by atoms with Gasteiger partial charge in [0.1, 0.15) is 0 Å². The second-order valence-electron chi connectivity index (χ2n) is 4.12. The molecule has 94 valence electrons. The lowest BCUT2D eigenvalue weighted by Gasteiger charge is -2.16. The fourth-order valence-electron chi connectivity index (χ4n) is 1.79. The molecule has 2 heterocycles. The fourth-order valence-corrected chi connectivity index (χ4v) is 2.03. The first kappa shape index (κ1) is 13.1. The molecule has 0 radical (unpaired) electrons. The molecule has 5 heteroatoms. The number of nitrogens with zero attached hydrogens (tertiary/aromatic N) is 2. The molecule has 0 aliphatic rings. The van der Waals surface area contributed by atoms with Crippen molar-refractivity contribution in [3.63, 3.8) is 0 Å². The van der Waals surface area contributed by atoms with Crippen molar-refractivity contribution < 1.29 is 0 Å². The average molecular weight is 307 g/mol. The Bertz CT molecular complexity index is 513. The smallest absolute Gasteiger partial charge is 0.0516 e. The van der Waals surface area contributed by atoms with Gasteiger partial charge in [-0.3, -0.25) is 21.2 Å². The molecule has 2 aromatic heterocycles. The van der Waals surface area contributed by atoms with Gasteiger partial charge in [0.2, 0.25) is 0 Å². The lowest BCUT2D eigenvalue weighted by Crippen LogP contribution is -2.29. The van der Waals surface area contributed by atoms with Crippen LogP contribution < -0.4 is 11.3 Å². The van der Waals surface area contributed by atoms with Crippen LogP contribution in [0.2, 0.25) is 0 Å². The summed E-state index contributed by atoms with van der Waals surface area (Å²) in [5, 5.41) is 0. The van der Waals surface area contributed by atoms with E-state index in [-0.39, 0.29) is 6.04 Å². The van der Waals surface area contributed by atoms with E-state index in [1.54, 1.807) is 12.4 Å². The van der Waals surface area contributed by atoms with E-state index < -0.39 is 0 Å². The second kappa shape index (κ2) is 6.04. The molecule has 0 fully saturated rings. The Morgan fingerprint density at radius 1 is 1.33 bits per heavy atom. The molecular weight excluding hydrogens is 292 g/mol. The van der Waals surface area contributed by atoms with Crippen molar-refractivity contribution in [2.45, 2.75) is 19.4 Å². The van der Waals surface area contributed by atoms with E-state index >= 15 is 0 Å². The van der Waals surface area contributed by atoms with E-state index in [9.17, 15) is 0 Å². The summed E-state index contributed by atoms with van der Waals surface area (Å²) in [7, 11) is 0. The molecule has 1 unspecified atom stereocenters. The Labute approximate surface area is 115 Å².